The Morgan fingerprint density at radius 3 is 2.88 bits per heavy atom. The molecule has 0 saturated carbocycles. The van der Waals surface area contributed by atoms with Crippen LogP contribution in [0, 0.1) is 0 Å². The maximum absolute atomic E-state index is 12.2. The van der Waals surface area contributed by atoms with E-state index in [4.69, 9.17) is 11.6 Å². The molecule has 84 valence electrons. The number of aromatic nitrogens is 2. The summed E-state index contributed by atoms with van der Waals surface area (Å²) in [6.45, 7) is 3.93. The van der Waals surface area contributed by atoms with E-state index in [9.17, 15) is 4.79 Å². The molecule has 2 heterocycles. The van der Waals surface area contributed by atoms with Gasteiger partial charge in [0.2, 0.25) is 5.78 Å². The summed E-state index contributed by atoms with van der Waals surface area (Å²) in [5.74, 6) is -0.0718. The van der Waals surface area contributed by atoms with Crippen LogP contribution in [0.3, 0.4) is 0 Å². The summed E-state index contributed by atoms with van der Waals surface area (Å²) < 4.78 is 1.66. The van der Waals surface area contributed by atoms with Gasteiger partial charge < -0.3 is 0 Å². The fraction of sp³-hybridized carbons (Fsp3) is 0.273. The topological polar surface area (TPSA) is 34.9 Å². The first-order valence-corrected chi connectivity index (χ1v) is 6.23. The van der Waals surface area contributed by atoms with Crippen LogP contribution >= 0.6 is 22.9 Å². The van der Waals surface area contributed by atoms with Crippen LogP contribution in [0.4, 0.5) is 0 Å². The number of hydrogen-bond donors (Lipinski definition) is 0. The molecule has 0 fully saturated rings. The molecule has 2 aromatic rings. The van der Waals surface area contributed by atoms with E-state index in [0.717, 1.165) is 0 Å². The number of rotatable bonds is 3. The van der Waals surface area contributed by atoms with Gasteiger partial charge in [0.05, 0.1) is 11.2 Å². The van der Waals surface area contributed by atoms with Gasteiger partial charge in [-0.1, -0.05) is 11.6 Å². The lowest BCUT2D eigenvalue weighted by molar-refractivity contribution is 0.102. The van der Waals surface area contributed by atoms with Gasteiger partial charge in [-0.2, -0.15) is 16.4 Å². The molecule has 0 saturated heterocycles. The lowest BCUT2D eigenvalue weighted by Gasteiger charge is -2.09. The molecule has 0 spiro atoms. The fourth-order valence-corrected chi connectivity index (χ4v) is 2.33. The first kappa shape index (κ1) is 11.4. The second-order valence-corrected chi connectivity index (χ2v) is 4.91. The lowest BCUT2D eigenvalue weighted by Crippen LogP contribution is -2.13. The molecule has 0 atom stereocenters. The molecule has 5 heteroatoms. The number of hydrogen-bond acceptors (Lipinski definition) is 3. The van der Waals surface area contributed by atoms with Gasteiger partial charge in [-0.05, 0) is 25.3 Å². The van der Waals surface area contributed by atoms with Crippen molar-refractivity contribution in [1.82, 2.24) is 9.78 Å². The molecule has 0 aliphatic rings. The molecule has 0 bridgehead atoms. The van der Waals surface area contributed by atoms with Gasteiger partial charge in [-0.3, -0.25) is 9.48 Å². The fourth-order valence-electron chi connectivity index (χ4n) is 1.48. The monoisotopic (exact) mass is 254 g/mol. The van der Waals surface area contributed by atoms with Crippen LogP contribution in [0.1, 0.15) is 35.9 Å². The van der Waals surface area contributed by atoms with Crippen LogP contribution in [0.15, 0.2) is 23.0 Å². The van der Waals surface area contributed by atoms with E-state index < -0.39 is 0 Å². The predicted molar refractivity (Wildman–Crippen MR) is 65.4 cm³/mol. The molecule has 0 aliphatic carbocycles. The zero-order valence-corrected chi connectivity index (χ0v) is 10.5. The van der Waals surface area contributed by atoms with E-state index in [-0.39, 0.29) is 11.8 Å². The summed E-state index contributed by atoms with van der Waals surface area (Å²) in [7, 11) is 0. The highest BCUT2D eigenvalue weighted by atomic mass is 35.5. The number of halogens is 1. The normalized spacial score (nSPS) is 11.0. The predicted octanol–water partition coefficient (Wildman–Crippen LogP) is 3.41. The van der Waals surface area contributed by atoms with E-state index in [0.29, 0.717) is 16.3 Å². The largest absolute Gasteiger partial charge is 0.287 e. The van der Waals surface area contributed by atoms with Crippen LogP contribution in [0.5, 0.6) is 0 Å². The first-order valence-electron chi connectivity index (χ1n) is 4.91. The van der Waals surface area contributed by atoms with E-state index >= 15 is 0 Å². The highest BCUT2D eigenvalue weighted by molar-refractivity contribution is 7.08. The second kappa shape index (κ2) is 4.39. The molecule has 0 N–H and O–H groups in total. The summed E-state index contributed by atoms with van der Waals surface area (Å²) in [4.78, 5) is 12.2. The molecule has 0 aliphatic heterocycles. The number of ketones is 1. The highest BCUT2D eigenvalue weighted by Gasteiger charge is 2.20. The number of thiophene rings is 1. The molecular formula is C11H11ClN2OS. The maximum Gasteiger partial charge on any atom is 0.213 e. The number of carbonyl (C=O) groups excluding carboxylic acids is 1. The van der Waals surface area contributed by atoms with Gasteiger partial charge in [-0.15, -0.1) is 0 Å². The molecule has 3 nitrogen and oxygen atoms in total. The molecule has 0 aromatic carbocycles. The molecule has 2 aromatic heterocycles. The average molecular weight is 255 g/mol. The highest BCUT2D eigenvalue weighted by Crippen LogP contribution is 2.22. The Balaban J connectivity index is 2.48. The van der Waals surface area contributed by atoms with Crippen LogP contribution in [-0.4, -0.2) is 15.6 Å². The number of carbonyl (C=O) groups is 1. The Labute approximate surface area is 103 Å². The third-order valence-corrected chi connectivity index (χ3v) is 3.20. The van der Waals surface area contributed by atoms with Crippen molar-refractivity contribution >= 4 is 28.7 Å². The first-order chi connectivity index (χ1) is 7.61. The van der Waals surface area contributed by atoms with Gasteiger partial charge in [0.1, 0.15) is 5.69 Å². The van der Waals surface area contributed by atoms with Crippen molar-refractivity contribution in [2.24, 2.45) is 0 Å². The van der Waals surface area contributed by atoms with E-state index in [2.05, 4.69) is 5.10 Å². The zero-order valence-electron chi connectivity index (χ0n) is 8.98. The molecule has 2 rings (SSSR count). The van der Waals surface area contributed by atoms with Gasteiger partial charge in [0.25, 0.3) is 0 Å². The average Bonchev–Trinajstić information content (AvgIpc) is 2.84. The van der Waals surface area contributed by atoms with Crippen molar-refractivity contribution in [3.8, 4) is 0 Å². The Morgan fingerprint density at radius 2 is 2.31 bits per heavy atom. The SMILES string of the molecule is CC(C)n1ncc(Cl)c1C(=O)c1ccsc1. The Kier molecular flexibility index (Phi) is 3.12. The van der Waals surface area contributed by atoms with Gasteiger partial charge in [0.15, 0.2) is 0 Å². The standard InChI is InChI=1S/C11H11ClN2OS/c1-7(2)14-10(9(12)5-13-14)11(15)8-3-4-16-6-8/h3-7H,1-2H3. The molecule has 0 radical (unpaired) electrons. The zero-order chi connectivity index (χ0) is 11.7. The van der Waals surface area contributed by atoms with Crippen molar-refractivity contribution < 1.29 is 4.79 Å². The Morgan fingerprint density at radius 1 is 1.56 bits per heavy atom. The molecule has 16 heavy (non-hydrogen) atoms. The Bertz CT molecular complexity index is 502. The summed E-state index contributed by atoms with van der Waals surface area (Å²) in [5, 5.41) is 8.21. The summed E-state index contributed by atoms with van der Waals surface area (Å²) >= 11 is 7.49. The van der Waals surface area contributed by atoms with Crippen molar-refractivity contribution in [2.75, 3.05) is 0 Å². The second-order valence-electron chi connectivity index (χ2n) is 3.72. The van der Waals surface area contributed by atoms with Gasteiger partial charge in [-0.25, -0.2) is 0 Å². The van der Waals surface area contributed by atoms with Crippen LogP contribution in [0.2, 0.25) is 5.02 Å². The van der Waals surface area contributed by atoms with Crippen molar-refractivity contribution in [3.05, 3.63) is 39.3 Å². The number of nitrogens with zero attached hydrogens (tertiary/aromatic N) is 2. The Hall–Kier alpha value is -1.13. The minimum absolute atomic E-state index is 0.0718. The summed E-state index contributed by atoms with van der Waals surface area (Å²) in [6.07, 6.45) is 1.52. The van der Waals surface area contributed by atoms with E-state index in [1.165, 1.54) is 17.5 Å². The third kappa shape index (κ3) is 1.90. The smallest absolute Gasteiger partial charge is 0.213 e. The summed E-state index contributed by atoms with van der Waals surface area (Å²) in [5.41, 5.74) is 1.13. The molecular weight excluding hydrogens is 244 g/mol. The van der Waals surface area contributed by atoms with Gasteiger partial charge >= 0.3 is 0 Å². The molecule has 0 amide bonds. The third-order valence-electron chi connectivity index (χ3n) is 2.24. The molecule has 0 unspecified atom stereocenters. The van der Waals surface area contributed by atoms with Crippen LogP contribution in [-0.2, 0) is 0 Å². The van der Waals surface area contributed by atoms with Crippen molar-refractivity contribution in [1.29, 1.82) is 0 Å². The summed E-state index contributed by atoms with van der Waals surface area (Å²) in [6, 6.07) is 1.91. The minimum atomic E-state index is -0.0718. The van der Waals surface area contributed by atoms with Crippen LogP contribution < -0.4 is 0 Å². The van der Waals surface area contributed by atoms with E-state index in [1.807, 2.05) is 24.6 Å². The van der Waals surface area contributed by atoms with Crippen molar-refractivity contribution in [2.45, 2.75) is 19.9 Å². The maximum atomic E-state index is 12.2. The quantitative estimate of drug-likeness (QED) is 0.787. The minimum Gasteiger partial charge on any atom is -0.287 e. The lowest BCUT2D eigenvalue weighted by atomic mass is 10.1. The van der Waals surface area contributed by atoms with Gasteiger partial charge in [0, 0.05) is 17.0 Å². The van der Waals surface area contributed by atoms with E-state index in [1.54, 1.807) is 10.7 Å². The van der Waals surface area contributed by atoms with Crippen LogP contribution in [0.25, 0.3) is 0 Å². The van der Waals surface area contributed by atoms with Crippen molar-refractivity contribution in [3.63, 3.8) is 0 Å².